The van der Waals surface area contributed by atoms with Crippen molar-refractivity contribution < 1.29 is 4.43 Å². The van der Waals surface area contributed by atoms with Crippen molar-refractivity contribution in [3.05, 3.63) is 77.8 Å². The number of rotatable bonds is 5. The molecular formula is C23H28N3OSi-. The standard InChI is InChI=1S/C23H28N3OSi/c1-23(2,3)28(4,5)27-19-13-11-18(12-14-19)21-16-25-22(24)20(26-21)15-17-9-7-6-8-10-17/h6-14,16H,15H2,1-5H3,(H-,24,25)/q-1. The molecule has 0 saturated carbocycles. The van der Waals surface area contributed by atoms with Crippen molar-refractivity contribution in [3.8, 4) is 17.0 Å². The average Bonchev–Trinajstić information content (AvgIpc) is 2.64. The van der Waals surface area contributed by atoms with Crippen molar-refractivity contribution >= 4 is 14.1 Å². The van der Waals surface area contributed by atoms with Gasteiger partial charge in [0.25, 0.3) is 0 Å². The van der Waals surface area contributed by atoms with Gasteiger partial charge in [-0.2, -0.15) is 0 Å². The first-order chi connectivity index (χ1) is 13.2. The summed E-state index contributed by atoms with van der Waals surface area (Å²) in [7, 11) is -1.85. The summed E-state index contributed by atoms with van der Waals surface area (Å²) in [6, 6.07) is 18.1. The molecular weight excluding hydrogens is 362 g/mol. The van der Waals surface area contributed by atoms with Gasteiger partial charge in [0.05, 0.1) is 5.69 Å². The van der Waals surface area contributed by atoms with Gasteiger partial charge in [0.1, 0.15) is 5.75 Å². The Kier molecular flexibility index (Phi) is 5.56. The lowest BCUT2D eigenvalue weighted by atomic mass is 10.1. The molecule has 0 bridgehead atoms. The second-order valence-electron chi connectivity index (χ2n) is 8.60. The van der Waals surface area contributed by atoms with Crippen LogP contribution in [0.2, 0.25) is 18.1 Å². The van der Waals surface area contributed by atoms with E-state index in [1.807, 2.05) is 54.6 Å². The van der Waals surface area contributed by atoms with Crippen LogP contribution >= 0.6 is 0 Å². The van der Waals surface area contributed by atoms with Gasteiger partial charge < -0.3 is 15.1 Å². The number of benzene rings is 2. The molecule has 0 fully saturated rings. The smallest absolute Gasteiger partial charge is 0.250 e. The fourth-order valence-electron chi connectivity index (χ4n) is 2.62. The van der Waals surface area contributed by atoms with Crippen LogP contribution < -0.4 is 4.43 Å². The summed E-state index contributed by atoms with van der Waals surface area (Å²) in [6.45, 7) is 11.2. The van der Waals surface area contributed by atoms with E-state index >= 15 is 0 Å². The second-order valence-corrected chi connectivity index (χ2v) is 13.3. The van der Waals surface area contributed by atoms with Crippen LogP contribution in [0.3, 0.4) is 0 Å². The predicted molar refractivity (Wildman–Crippen MR) is 119 cm³/mol. The van der Waals surface area contributed by atoms with Crippen LogP contribution in [0, 0.1) is 0 Å². The lowest BCUT2D eigenvalue weighted by molar-refractivity contribution is 0.492. The van der Waals surface area contributed by atoms with Gasteiger partial charge in [-0.25, -0.2) is 0 Å². The molecule has 0 spiro atoms. The Bertz CT molecular complexity index is 932. The van der Waals surface area contributed by atoms with Crippen LogP contribution in [-0.2, 0) is 6.42 Å². The Labute approximate surface area is 168 Å². The fraction of sp³-hybridized carbons (Fsp3) is 0.304. The molecule has 28 heavy (non-hydrogen) atoms. The Morgan fingerprint density at radius 1 is 0.964 bits per heavy atom. The molecule has 5 heteroatoms. The number of nitrogens with one attached hydrogen (secondary N) is 1. The van der Waals surface area contributed by atoms with Gasteiger partial charge in [0.2, 0.25) is 8.32 Å². The summed E-state index contributed by atoms with van der Waals surface area (Å²) in [5.74, 6) is 1.12. The number of nitrogens with zero attached hydrogens (tertiary/aromatic N) is 2. The summed E-state index contributed by atoms with van der Waals surface area (Å²) in [5, 5.41) is 0.160. The average molecular weight is 391 g/mol. The topological polar surface area (TPSA) is 58.8 Å². The van der Waals surface area contributed by atoms with E-state index in [0.717, 1.165) is 22.6 Å². The molecule has 0 radical (unpaired) electrons. The first-order valence-corrected chi connectivity index (χ1v) is 12.5. The van der Waals surface area contributed by atoms with Gasteiger partial charge in [-0.1, -0.05) is 57.3 Å². The molecule has 1 aromatic heterocycles. The molecule has 0 atom stereocenters. The van der Waals surface area contributed by atoms with E-state index < -0.39 is 8.32 Å². The van der Waals surface area contributed by atoms with Crippen LogP contribution in [0.15, 0.2) is 60.8 Å². The van der Waals surface area contributed by atoms with Crippen molar-refractivity contribution in [2.45, 2.75) is 45.3 Å². The number of hydrogen-bond donors (Lipinski definition) is 0. The molecule has 0 aliphatic heterocycles. The third kappa shape index (κ3) is 4.60. The molecule has 0 amide bonds. The van der Waals surface area contributed by atoms with E-state index in [2.05, 4.69) is 38.8 Å². The van der Waals surface area contributed by atoms with Gasteiger partial charge >= 0.3 is 0 Å². The monoisotopic (exact) mass is 390 g/mol. The van der Waals surface area contributed by atoms with E-state index in [-0.39, 0.29) is 10.9 Å². The molecule has 0 unspecified atom stereocenters. The van der Waals surface area contributed by atoms with E-state index in [9.17, 15) is 0 Å². The SMILES string of the molecule is CC(C)(C)[Si](C)(C)Oc1ccc(-c2cnc([NH-])c(Cc3ccccc3)n2)cc1. The van der Waals surface area contributed by atoms with Crippen LogP contribution in [0.4, 0.5) is 5.82 Å². The van der Waals surface area contributed by atoms with Crippen LogP contribution in [0.25, 0.3) is 17.0 Å². The quantitative estimate of drug-likeness (QED) is 0.450. The highest BCUT2D eigenvalue weighted by atomic mass is 28.4. The summed E-state index contributed by atoms with van der Waals surface area (Å²) >= 11 is 0. The van der Waals surface area contributed by atoms with Gasteiger partial charge in [-0.05, 0) is 53.8 Å². The van der Waals surface area contributed by atoms with E-state index in [0.29, 0.717) is 12.1 Å². The van der Waals surface area contributed by atoms with E-state index in [1.54, 1.807) is 6.20 Å². The minimum Gasteiger partial charge on any atom is -0.544 e. The largest absolute Gasteiger partial charge is 0.544 e. The van der Waals surface area contributed by atoms with Gasteiger partial charge in [-0.15, -0.1) is 0 Å². The van der Waals surface area contributed by atoms with Crippen molar-refractivity contribution in [2.24, 2.45) is 0 Å². The first-order valence-electron chi connectivity index (χ1n) is 9.57. The van der Waals surface area contributed by atoms with E-state index in [1.165, 1.54) is 0 Å². The molecule has 3 aromatic rings. The van der Waals surface area contributed by atoms with Crippen LogP contribution in [-0.4, -0.2) is 18.3 Å². The molecule has 3 rings (SSSR count). The second kappa shape index (κ2) is 7.76. The zero-order chi connectivity index (χ0) is 20.4. The molecule has 0 aliphatic carbocycles. The highest BCUT2D eigenvalue weighted by Gasteiger charge is 2.38. The Hall–Kier alpha value is -2.66. The maximum Gasteiger partial charge on any atom is 0.250 e. The zero-order valence-electron chi connectivity index (χ0n) is 17.3. The molecule has 146 valence electrons. The molecule has 0 saturated heterocycles. The van der Waals surface area contributed by atoms with Gasteiger partial charge in [-0.3, -0.25) is 4.98 Å². The number of aromatic nitrogens is 2. The molecule has 1 N–H and O–H groups in total. The highest BCUT2D eigenvalue weighted by molar-refractivity contribution is 6.74. The maximum atomic E-state index is 8.08. The van der Waals surface area contributed by atoms with Crippen molar-refractivity contribution in [1.29, 1.82) is 0 Å². The fourth-order valence-corrected chi connectivity index (χ4v) is 3.65. The molecule has 1 heterocycles. The summed E-state index contributed by atoms with van der Waals surface area (Å²) < 4.78 is 6.35. The molecule has 4 nitrogen and oxygen atoms in total. The minimum absolute atomic E-state index is 0.160. The summed E-state index contributed by atoms with van der Waals surface area (Å²) in [5.41, 5.74) is 11.6. The summed E-state index contributed by atoms with van der Waals surface area (Å²) in [4.78, 5) is 8.94. The normalized spacial score (nSPS) is 12.0. The van der Waals surface area contributed by atoms with Gasteiger partial charge in [0.15, 0.2) is 0 Å². The van der Waals surface area contributed by atoms with Crippen LogP contribution in [0.5, 0.6) is 5.75 Å². The third-order valence-corrected chi connectivity index (χ3v) is 9.75. The highest BCUT2D eigenvalue weighted by Crippen LogP contribution is 2.37. The zero-order valence-corrected chi connectivity index (χ0v) is 18.3. The Morgan fingerprint density at radius 3 is 2.21 bits per heavy atom. The lowest BCUT2D eigenvalue weighted by Crippen LogP contribution is -2.43. The maximum absolute atomic E-state index is 8.08. The lowest BCUT2D eigenvalue weighted by Gasteiger charge is -2.36. The Balaban J connectivity index is 1.81. The Morgan fingerprint density at radius 2 is 1.61 bits per heavy atom. The van der Waals surface area contributed by atoms with Crippen LogP contribution in [0.1, 0.15) is 32.0 Å². The third-order valence-electron chi connectivity index (χ3n) is 5.39. The van der Waals surface area contributed by atoms with Crippen molar-refractivity contribution in [1.82, 2.24) is 9.97 Å². The van der Waals surface area contributed by atoms with E-state index in [4.69, 9.17) is 15.1 Å². The first kappa shape index (κ1) is 20.1. The molecule has 0 aliphatic rings. The van der Waals surface area contributed by atoms with Crippen molar-refractivity contribution in [2.75, 3.05) is 0 Å². The number of hydrogen-bond acceptors (Lipinski definition) is 3. The summed E-state index contributed by atoms with van der Waals surface area (Å²) in [6.07, 6.45) is 2.27. The molecule has 2 aromatic carbocycles. The minimum atomic E-state index is -1.85. The predicted octanol–water partition coefficient (Wildman–Crippen LogP) is 6.80. The van der Waals surface area contributed by atoms with Crippen molar-refractivity contribution in [3.63, 3.8) is 0 Å². The van der Waals surface area contributed by atoms with Gasteiger partial charge in [0, 0.05) is 17.7 Å².